The lowest BCUT2D eigenvalue weighted by molar-refractivity contribution is 0.0946. The van der Waals surface area contributed by atoms with Crippen molar-refractivity contribution in [1.29, 1.82) is 0 Å². The number of pyridine rings is 2. The van der Waals surface area contributed by atoms with E-state index in [0.717, 1.165) is 16.9 Å². The third kappa shape index (κ3) is 4.20. The fourth-order valence-corrected chi connectivity index (χ4v) is 2.45. The smallest absolute Gasteiger partial charge is 0.270 e. The molecule has 126 valence electrons. The Morgan fingerprint density at radius 3 is 2.64 bits per heavy atom. The number of carbonyl (C=O) groups excluding carboxylic acids is 1. The van der Waals surface area contributed by atoms with Crippen LogP contribution in [0.15, 0.2) is 61.1 Å². The molecule has 0 radical (unpaired) electrons. The lowest BCUT2D eigenvalue weighted by Crippen LogP contribution is -2.23. The predicted molar refractivity (Wildman–Crippen MR) is 98.8 cm³/mol. The van der Waals surface area contributed by atoms with Crippen LogP contribution in [0, 0.1) is 13.8 Å². The first-order valence-electron chi connectivity index (χ1n) is 8.10. The second-order valence-corrected chi connectivity index (χ2v) is 5.84. The van der Waals surface area contributed by atoms with Crippen LogP contribution in [-0.4, -0.2) is 15.9 Å². The monoisotopic (exact) mass is 332 g/mol. The molecular formula is C20H20N4O. The molecule has 0 saturated carbocycles. The number of hydrogen-bond acceptors (Lipinski definition) is 4. The molecule has 2 heterocycles. The Hall–Kier alpha value is -3.21. The van der Waals surface area contributed by atoms with E-state index in [1.807, 2.05) is 30.3 Å². The summed E-state index contributed by atoms with van der Waals surface area (Å²) in [6, 6.07) is 13.4. The summed E-state index contributed by atoms with van der Waals surface area (Å²) in [5.74, 6) is -0.207. The molecule has 5 heteroatoms. The molecule has 25 heavy (non-hydrogen) atoms. The average Bonchev–Trinajstić information content (AvgIpc) is 2.64. The van der Waals surface area contributed by atoms with E-state index in [1.54, 1.807) is 24.7 Å². The van der Waals surface area contributed by atoms with Crippen LogP contribution in [0.4, 0.5) is 11.4 Å². The lowest BCUT2D eigenvalue weighted by Gasteiger charge is -2.12. The van der Waals surface area contributed by atoms with Crippen LogP contribution in [0.3, 0.4) is 0 Å². The van der Waals surface area contributed by atoms with Crippen LogP contribution >= 0.6 is 0 Å². The fraction of sp³-hybridized carbons (Fsp3) is 0.150. The molecule has 0 atom stereocenters. The molecule has 2 aromatic heterocycles. The van der Waals surface area contributed by atoms with Gasteiger partial charge in [-0.3, -0.25) is 14.8 Å². The second-order valence-electron chi connectivity index (χ2n) is 5.84. The van der Waals surface area contributed by atoms with Crippen molar-refractivity contribution in [3.8, 4) is 0 Å². The van der Waals surface area contributed by atoms with Crippen LogP contribution in [0.5, 0.6) is 0 Å². The zero-order chi connectivity index (χ0) is 17.6. The molecule has 0 spiro atoms. The molecule has 2 N–H and O–H groups in total. The van der Waals surface area contributed by atoms with Gasteiger partial charge in [0.15, 0.2) is 0 Å². The van der Waals surface area contributed by atoms with Gasteiger partial charge >= 0.3 is 0 Å². The molecule has 1 amide bonds. The molecule has 0 aliphatic carbocycles. The molecule has 0 bridgehead atoms. The Morgan fingerprint density at radius 2 is 1.84 bits per heavy atom. The van der Waals surface area contributed by atoms with Gasteiger partial charge in [-0.05, 0) is 60.9 Å². The fourth-order valence-electron chi connectivity index (χ4n) is 2.45. The summed E-state index contributed by atoms with van der Waals surface area (Å²) in [6.07, 6.45) is 5.04. The van der Waals surface area contributed by atoms with Crippen molar-refractivity contribution in [2.24, 2.45) is 0 Å². The number of hydrogen-bond donors (Lipinski definition) is 2. The summed E-state index contributed by atoms with van der Waals surface area (Å²) in [6.45, 7) is 4.59. The van der Waals surface area contributed by atoms with E-state index in [-0.39, 0.29) is 5.91 Å². The van der Waals surface area contributed by atoms with Crippen molar-refractivity contribution in [2.75, 3.05) is 5.32 Å². The summed E-state index contributed by atoms with van der Waals surface area (Å²) in [4.78, 5) is 20.5. The summed E-state index contributed by atoms with van der Waals surface area (Å²) >= 11 is 0. The molecule has 0 aliphatic rings. The van der Waals surface area contributed by atoms with E-state index in [4.69, 9.17) is 0 Å². The number of rotatable bonds is 5. The Morgan fingerprint density at radius 1 is 1.04 bits per heavy atom. The Kier molecular flexibility index (Phi) is 5.04. The third-order valence-corrected chi connectivity index (χ3v) is 4.08. The lowest BCUT2D eigenvalue weighted by atomic mass is 10.1. The van der Waals surface area contributed by atoms with Crippen molar-refractivity contribution in [3.05, 3.63) is 83.4 Å². The number of aromatic nitrogens is 2. The van der Waals surface area contributed by atoms with Gasteiger partial charge in [-0.15, -0.1) is 0 Å². The van der Waals surface area contributed by atoms with Crippen LogP contribution in [-0.2, 0) is 6.54 Å². The van der Waals surface area contributed by atoms with Crippen LogP contribution < -0.4 is 10.6 Å². The molecular weight excluding hydrogens is 312 g/mol. The highest BCUT2D eigenvalue weighted by molar-refractivity contribution is 5.93. The Balaban J connectivity index is 1.70. The van der Waals surface area contributed by atoms with Crippen molar-refractivity contribution in [3.63, 3.8) is 0 Å². The SMILES string of the molecule is Cc1cccc(Nc2ccnc(C(=O)NCc3ccncc3)c2)c1C. The standard InChI is InChI=1S/C20H20N4O/c1-14-4-3-5-18(15(14)2)24-17-8-11-22-19(12-17)20(25)23-13-16-6-9-21-10-7-16/h3-12H,13H2,1-2H3,(H,22,24)(H,23,25). The molecule has 5 nitrogen and oxygen atoms in total. The molecule has 1 aromatic carbocycles. The highest BCUT2D eigenvalue weighted by Crippen LogP contribution is 2.22. The summed E-state index contributed by atoms with van der Waals surface area (Å²) < 4.78 is 0. The quantitative estimate of drug-likeness (QED) is 0.746. The molecule has 3 aromatic rings. The van der Waals surface area contributed by atoms with Gasteiger partial charge in [0.1, 0.15) is 5.69 Å². The van der Waals surface area contributed by atoms with Crippen LogP contribution in [0.2, 0.25) is 0 Å². The Bertz CT molecular complexity index is 878. The van der Waals surface area contributed by atoms with Gasteiger partial charge in [0.05, 0.1) is 0 Å². The van der Waals surface area contributed by atoms with E-state index in [2.05, 4.69) is 40.5 Å². The minimum Gasteiger partial charge on any atom is -0.355 e. The minimum absolute atomic E-state index is 0.207. The van der Waals surface area contributed by atoms with Crippen molar-refractivity contribution in [1.82, 2.24) is 15.3 Å². The summed E-state index contributed by atoms with van der Waals surface area (Å²) in [7, 11) is 0. The highest BCUT2D eigenvalue weighted by Gasteiger charge is 2.09. The van der Waals surface area contributed by atoms with Gasteiger partial charge in [-0.2, -0.15) is 0 Å². The molecule has 0 fully saturated rings. The topological polar surface area (TPSA) is 66.9 Å². The number of anilines is 2. The summed E-state index contributed by atoms with van der Waals surface area (Å²) in [5, 5.41) is 6.22. The van der Waals surface area contributed by atoms with Gasteiger partial charge < -0.3 is 10.6 Å². The molecule has 3 rings (SSSR count). The van der Waals surface area contributed by atoms with Crippen molar-refractivity contribution < 1.29 is 4.79 Å². The number of nitrogens with one attached hydrogen (secondary N) is 2. The first-order valence-corrected chi connectivity index (χ1v) is 8.10. The number of amides is 1. The first-order chi connectivity index (χ1) is 12.1. The van der Waals surface area contributed by atoms with E-state index in [9.17, 15) is 4.79 Å². The number of aryl methyl sites for hydroxylation is 1. The van der Waals surface area contributed by atoms with Gasteiger partial charge in [0.25, 0.3) is 5.91 Å². The van der Waals surface area contributed by atoms with E-state index < -0.39 is 0 Å². The van der Waals surface area contributed by atoms with Crippen molar-refractivity contribution >= 4 is 17.3 Å². The van der Waals surface area contributed by atoms with Gasteiger partial charge in [-0.1, -0.05) is 12.1 Å². The van der Waals surface area contributed by atoms with Gasteiger partial charge in [-0.25, -0.2) is 0 Å². The molecule has 0 aliphatic heterocycles. The zero-order valence-corrected chi connectivity index (χ0v) is 14.3. The largest absolute Gasteiger partial charge is 0.355 e. The van der Waals surface area contributed by atoms with Crippen LogP contribution in [0.1, 0.15) is 27.2 Å². The average molecular weight is 332 g/mol. The maximum Gasteiger partial charge on any atom is 0.270 e. The predicted octanol–water partition coefficient (Wildman–Crippen LogP) is 3.77. The maximum absolute atomic E-state index is 12.3. The molecule has 0 unspecified atom stereocenters. The van der Waals surface area contributed by atoms with E-state index >= 15 is 0 Å². The second kappa shape index (κ2) is 7.57. The Labute approximate surface area is 147 Å². The zero-order valence-electron chi connectivity index (χ0n) is 14.3. The number of carbonyl (C=O) groups is 1. The number of benzene rings is 1. The van der Waals surface area contributed by atoms with E-state index in [1.165, 1.54) is 11.1 Å². The minimum atomic E-state index is -0.207. The van der Waals surface area contributed by atoms with Crippen LogP contribution in [0.25, 0.3) is 0 Å². The highest BCUT2D eigenvalue weighted by atomic mass is 16.1. The normalized spacial score (nSPS) is 10.3. The first kappa shape index (κ1) is 16.6. The van der Waals surface area contributed by atoms with Crippen molar-refractivity contribution in [2.45, 2.75) is 20.4 Å². The van der Waals surface area contributed by atoms with E-state index in [0.29, 0.717) is 12.2 Å². The summed E-state index contributed by atoms with van der Waals surface area (Å²) in [5.41, 5.74) is 5.63. The molecule has 0 saturated heterocycles. The number of nitrogens with zero attached hydrogens (tertiary/aromatic N) is 2. The van der Waals surface area contributed by atoms with Gasteiger partial charge in [0, 0.05) is 36.5 Å². The third-order valence-electron chi connectivity index (χ3n) is 4.08. The van der Waals surface area contributed by atoms with Gasteiger partial charge in [0.2, 0.25) is 0 Å². The maximum atomic E-state index is 12.3.